The van der Waals surface area contributed by atoms with E-state index < -0.39 is 0 Å². The van der Waals surface area contributed by atoms with Gasteiger partial charge in [0.1, 0.15) is 0 Å². The summed E-state index contributed by atoms with van der Waals surface area (Å²) in [6.07, 6.45) is 7.11. The van der Waals surface area contributed by atoms with Crippen LogP contribution >= 0.6 is 0 Å². The molecule has 16 rings (SSSR count). The third-order valence-electron chi connectivity index (χ3n) is 23.8. The summed E-state index contributed by atoms with van der Waals surface area (Å²) in [5.74, 6) is 0. The zero-order valence-corrected chi connectivity index (χ0v) is 51.9. The van der Waals surface area contributed by atoms with Crippen molar-refractivity contribution < 1.29 is 0 Å². The highest BCUT2D eigenvalue weighted by atomic mass is 15.3. The van der Waals surface area contributed by atoms with Crippen molar-refractivity contribution in [1.29, 1.82) is 0 Å². The first-order valence-corrected chi connectivity index (χ1v) is 31.3. The smallest absolute Gasteiger partial charge is 0.252 e. The molecule has 4 aliphatic heterocycles. The van der Waals surface area contributed by atoms with E-state index in [4.69, 9.17) is 0 Å². The normalized spacial score (nSPS) is 24.2. The van der Waals surface area contributed by atoms with Crippen LogP contribution in [0.15, 0.2) is 133 Å². The Morgan fingerprint density at radius 1 is 0.415 bits per heavy atom. The fourth-order valence-electron chi connectivity index (χ4n) is 18.9. The lowest BCUT2D eigenvalue weighted by Gasteiger charge is -2.51. The summed E-state index contributed by atoms with van der Waals surface area (Å²) in [5.41, 5.74) is 35.2. The monoisotopic (exact) mass is 1070 g/mol. The van der Waals surface area contributed by atoms with Crippen molar-refractivity contribution in [3.05, 3.63) is 206 Å². The van der Waals surface area contributed by atoms with Gasteiger partial charge < -0.3 is 14.7 Å². The van der Waals surface area contributed by atoms with Gasteiger partial charge in [0.25, 0.3) is 6.71 Å². The van der Waals surface area contributed by atoms with Gasteiger partial charge in [-0.15, -0.1) is 0 Å². The fourth-order valence-corrected chi connectivity index (χ4v) is 18.9. The minimum atomic E-state index is -0.224. The van der Waals surface area contributed by atoms with Crippen LogP contribution in [0, 0.1) is 13.8 Å². The van der Waals surface area contributed by atoms with Crippen molar-refractivity contribution in [2.24, 2.45) is 0 Å². The van der Waals surface area contributed by atoms with Crippen LogP contribution in [0.1, 0.15) is 208 Å². The van der Waals surface area contributed by atoms with Crippen LogP contribution in [-0.4, -0.2) is 12.3 Å². The molecule has 4 aliphatic carbocycles. The average molecular weight is 1070 g/mol. The van der Waals surface area contributed by atoms with Gasteiger partial charge in [-0.2, -0.15) is 0 Å². The van der Waals surface area contributed by atoms with E-state index >= 15 is 0 Å². The van der Waals surface area contributed by atoms with E-state index in [1.165, 1.54) is 159 Å². The summed E-state index contributed by atoms with van der Waals surface area (Å²) in [5, 5.41) is 0. The van der Waals surface area contributed by atoms with Crippen molar-refractivity contribution in [3.63, 3.8) is 0 Å². The predicted octanol–water partition coefficient (Wildman–Crippen LogP) is 18.4. The molecular formula is C78H82BN3. The molecule has 6 bridgehead atoms. The summed E-state index contributed by atoms with van der Waals surface area (Å²) in [7, 11) is 0. The molecular weight excluding hydrogens is 990 g/mol. The van der Waals surface area contributed by atoms with Gasteiger partial charge in [0.15, 0.2) is 0 Å². The molecule has 3 nitrogen and oxygen atoms in total. The molecule has 412 valence electrons. The standard InChI is InChI=1S/C78H82BN3/c1-45-35-68-70-69(36-45)81-64-43-60-56(37-46(64)2)72(6,7)33-34-76(60,14)59-44-65-61(40-55(59)71(3,4)5)77(15)31-21-22-32-78(77,16)82(65)48-28-30-62(66(81)39-48)79(70)63-41-57-58(75(12,13)54-26-20-19-25-53(54)74(57,10)11)42-67(63)80(68)47-27-29-52-50(38-47)49-23-17-18-24-51(49)73(52,8)9/h17-20,23-30,35-44H,21-22,31-34H2,1-16H3. The van der Waals surface area contributed by atoms with Crippen molar-refractivity contribution >= 4 is 68.6 Å². The number of fused-ring (bicyclic) bond motifs is 18. The summed E-state index contributed by atoms with van der Waals surface area (Å²) in [6.45, 7) is 39.9. The van der Waals surface area contributed by atoms with E-state index in [9.17, 15) is 0 Å². The maximum Gasteiger partial charge on any atom is 0.252 e. The summed E-state index contributed by atoms with van der Waals surface area (Å²) < 4.78 is 0. The van der Waals surface area contributed by atoms with E-state index in [-0.39, 0.29) is 50.2 Å². The Balaban J connectivity index is 1.04. The van der Waals surface area contributed by atoms with Gasteiger partial charge in [0.2, 0.25) is 0 Å². The Kier molecular flexibility index (Phi) is 9.75. The molecule has 8 aliphatic rings. The number of aryl methyl sites for hydroxylation is 2. The second kappa shape index (κ2) is 15.7. The van der Waals surface area contributed by atoms with E-state index in [0.29, 0.717) is 0 Å². The lowest BCUT2D eigenvalue weighted by molar-refractivity contribution is 0.195. The molecule has 8 aromatic rings. The average Bonchev–Trinajstić information content (AvgIpc) is 1.25. The first-order valence-electron chi connectivity index (χ1n) is 31.3. The maximum atomic E-state index is 2.90. The molecule has 0 spiro atoms. The maximum absolute atomic E-state index is 2.90. The van der Waals surface area contributed by atoms with Crippen LogP contribution in [0.4, 0.5) is 45.5 Å². The van der Waals surface area contributed by atoms with Crippen LogP contribution in [0.3, 0.4) is 0 Å². The van der Waals surface area contributed by atoms with Crippen molar-refractivity contribution in [2.45, 2.75) is 193 Å². The highest BCUT2D eigenvalue weighted by Gasteiger charge is 2.59. The minimum absolute atomic E-state index is 0.0122. The Morgan fingerprint density at radius 3 is 1.73 bits per heavy atom. The number of hydrogen-bond acceptors (Lipinski definition) is 3. The lowest BCUT2D eigenvalue weighted by atomic mass is 9.33. The largest absolute Gasteiger partial charge is 0.334 e. The molecule has 3 unspecified atom stereocenters. The Hall–Kier alpha value is -6.78. The highest BCUT2D eigenvalue weighted by molar-refractivity contribution is 7.00. The second-order valence-electron chi connectivity index (χ2n) is 30.9. The van der Waals surface area contributed by atoms with E-state index in [1.54, 1.807) is 5.56 Å². The van der Waals surface area contributed by atoms with Crippen molar-refractivity contribution in [2.75, 3.05) is 14.7 Å². The van der Waals surface area contributed by atoms with Crippen molar-refractivity contribution in [3.8, 4) is 11.1 Å². The van der Waals surface area contributed by atoms with Gasteiger partial charge in [-0.3, -0.25) is 0 Å². The molecule has 82 heavy (non-hydrogen) atoms. The van der Waals surface area contributed by atoms with Crippen LogP contribution < -0.4 is 31.1 Å². The first-order chi connectivity index (χ1) is 38.7. The van der Waals surface area contributed by atoms with E-state index in [1.807, 2.05) is 0 Å². The fraction of sp³-hybridized carbons (Fsp3) is 0.385. The topological polar surface area (TPSA) is 9.72 Å². The van der Waals surface area contributed by atoms with Crippen molar-refractivity contribution in [1.82, 2.24) is 0 Å². The predicted molar refractivity (Wildman–Crippen MR) is 348 cm³/mol. The Bertz CT molecular complexity index is 4220. The van der Waals surface area contributed by atoms with E-state index in [0.717, 1.165) is 19.3 Å². The minimum Gasteiger partial charge on any atom is -0.334 e. The van der Waals surface area contributed by atoms with Crippen LogP contribution in [-0.2, 0) is 37.9 Å². The Labute approximate surface area is 490 Å². The molecule has 3 atom stereocenters. The zero-order chi connectivity index (χ0) is 57.1. The molecule has 0 N–H and O–H groups in total. The molecule has 0 radical (unpaired) electrons. The van der Waals surface area contributed by atoms with Gasteiger partial charge in [0, 0.05) is 72.6 Å². The van der Waals surface area contributed by atoms with Crippen LogP contribution in [0.5, 0.6) is 0 Å². The SMILES string of the molecule is Cc1cc2c3c(c1)N1c4cc5c(cc4C)C(C)(C)CCC5(C)c4cc5c(cc4C(C)(C)C)C4(C)CCCCC4(C)N5c4ccc(c1c4)B3c1cc3c(cc1N2c1ccc2c(c1)-c1ccccc1C2(C)C)C(C)(C)c1ccccc1C3(C)C. The quantitative estimate of drug-likeness (QED) is 0.152. The zero-order valence-electron chi connectivity index (χ0n) is 51.9. The summed E-state index contributed by atoms with van der Waals surface area (Å²) in [4.78, 5) is 8.39. The van der Waals surface area contributed by atoms with Gasteiger partial charge in [0.05, 0.1) is 5.54 Å². The van der Waals surface area contributed by atoms with Crippen LogP contribution in [0.25, 0.3) is 11.1 Å². The molecule has 8 aromatic carbocycles. The molecule has 4 heterocycles. The second-order valence-corrected chi connectivity index (χ2v) is 30.9. The molecule has 4 heteroatoms. The third-order valence-corrected chi connectivity index (χ3v) is 23.8. The van der Waals surface area contributed by atoms with E-state index in [2.05, 4.69) is 259 Å². The first kappa shape index (κ1) is 50.9. The lowest BCUT2D eigenvalue weighted by Crippen LogP contribution is -2.62. The number of benzene rings is 8. The molecule has 0 aromatic heterocycles. The summed E-state index contributed by atoms with van der Waals surface area (Å²) in [6, 6.07) is 55.1. The number of nitrogens with zero attached hydrogens (tertiary/aromatic N) is 3. The van der Waals surface area contributed by atoms with Gasteiger partial charge in [-0.25, -0.2) is 0 Å². The molecule has 1 fully saturated rings. The molecule has 0 saturated heterocycles. The van der Waals surface area contributed by atoms with Crippen LogP contribution in [0.2, 0.25) is 0 Å². The number of hydrogen-bond donors (Lipinski definition) is 0. The number of anilines is 8. The van der Waals surface area contributed by atoms with Gasteiger partial charge in [-0.05, 0) is 212 Å². The third kappa shape index (κ3) is 6.10. The molecule has 1 saturated carbocycles. The molecule has 0 amide bonds. The highest BCUT2D eigenvalue weighted by Crippen LogP contribution is 2.65. The summed E-state index contributed by atoms with van der Waals surface area (Å²) >= 11 is 0. The van der Waals surface area contributed by atoms with Gasteiger partial charge in [-0.1, -0.05) is 182 Å². The number of rotatable bonds is 1. The Morgan fingerprint density at radius 2 is 1.01 bits per heavy atom. The van der Waals surface area contributed by atoms with Gasteiger partial charge >= 0.3 is 0 Å².